The fourth-order valence-corrected chi connectivity index (χ4v) is 2.08. The van der Waals surface area contributed by atoms with Crippen molar-refractivity contribution in [1.29, 1.82) is 0 Å². The van der Waals surface area contributed by atoms with Crippen molar-refractivity contribution in [2.45, 2.75) is 6.92 Å². The molecular weight excluding hydrogens is 285 g/mol. The smallest absolute Gasteiger partial charge is 0.259 e. The molecule has 0 unspecified atom stereocenters. The molecule has 0 fully saturated rings. The molecule has 0 saturated carbocycles. The molecule has 0 aliphatic rings. The van der Waals surface area contributed by atoms with E-state index >= 15 is 0 Å². The van der Waals surface area contributed by atoms with Crippen molar-refractivity contribution in [2.24, 2.45) is 0 Å². The van der Waals surface area contributed by atoms with Crippen LogP contribution in [0.25, 0.3) is 0 Å². The van der Waals surface area contributed by atoms with Crippen LogP contribution >= 0.6 is 23.2 Å². The molecule has 5 heteroatoms. The molecule has 1 amide bonds. The van der Waals surface area contributed by atoms with E-state index in [2.05, 4.69) is 5.32 Å². The molecule has 0 radical (unpaired) electrons. The molecule has 0 atom stereocenters. The molecule has 0 bridgehead atoms. The van der Waals surface area contributed by atoms with E-state index in [-0.39, 0.29) is 11.3 Å². The van der Waals surface area contributed by atoms with E-state index in [0.717, 1.165) is 0 Å². The number of phenolic OH excluding ortho intramolecular Hbond substituents is 1. The zero-order chi connectivity index (χ0) is 14.0. The topological polar surface area (TPSA) is 49.3 Å². The van der Waals surface area contributed by atoms with Gasteiger partial charge in [0.2, 0.25) is 0 Å². The number of phenols is 1. The van der Waals surface area contributed by atoms with Gasteiger partial charge in [0.25, 0.3) is 5.91 Å². The molecule has 0 spiro atoms. The summed E-state index contributed by atoms with van der Waals surface area (Å²) in [6, 6.07) is 9.74. The Labute approximate surface area is 120 Å². The third kappa shape index (κ3) is 3.00. The van der Waals surface area contributed by atoms with Crippen LogP contribution in [-0.2, 0) is 0 Å². The quantitative estimate of drug-likeness (QED) is 0.870. The predicted octanol–water partition coefficient (Wildman–Crippen LogP) is 4.26. The molecule has 98 valence electrons. The number of aromatic hydroxyl groups is 1. The Balaban J connectivity index is 2.28. The zero-order valence-corrected chi connectivity index (χ0v) is 11.6. The van der Waals surface area contributed by atoms with Crippen LogP contribution in [0, 0.1) is 6.92 Å². The van der Waals surface area contributed by atoms with Crippen molar-refractivity contribution in [2.75, 3.05) is 5.32 Å². The van der Waals surface area contributed by atoms with Gasteiger partial charge in [-0.2, -0.15) is 0 Å². The molecule has 2 rings (SSSR count). The van der Waals surface area contributed by atoms with Crippen LogP contribution < -0.4 is 5.32 Å². The Kier molecular flexibility index (Phi) is 3.98. The molecule has 2 aromatic carbocycles. The maximum Gasteiger partial charge on any atom is 0.259 e. The Hall–Kier alpha value is -1.71. The number of carbonyl (C=O) groups excluding carboxylic acids is 1. The minimum absolute atomic E-state index is 0.0370. The van der Waals surface area contributed by atoms with Crippen molar-refractivity contribution in [3.05, 3.63) is 57.6 Å². The second kappa shape index (κ2) is 5.51. The number of hydrogen-bond acceptors (Lipinski definition) is 2. The van der Waals surface area contributed by atoms with E-state index in [0.29, 0.717) is 21.3 Å². The molecule has 0 saturated heterocycles. The molecule has 19 heavy (non-hydrogen) atoms. The Morgan fingerprint density at radius 3 is 2.63 bits per heavy atom. The van der Waals surface area contributed by atoms with Gasteiger partial charge in [0.05, 0.1) is 16.3 Å². The van der Waals surface area contributed by atoms with E-state index in [9.17, 15) is 9.90 Å². The summed E-state index contributed by atoms with van der Waals surface area (Å²) in [7, 11) is 0. The molecule has 2 aromatic rings. The summed E-state index contributed by atoms with van der Waals surface area (Å²) in [4.78, 5) is 12.1. The predicted molar refractivity (Wildman–Crippen MR) is 77.3 cm³/mol. The van der Waals surface area contributed by atoms with Crippen molar-refractivity contribution in [3.63, 3.8) is 0 Å². The Morgan fingerprint density at radius 1 is 1.21 bits per heavy atom. The highest BCUT2D eigenvalue weighted by Gasteiger charge is 2.13. The lowest BCUT2D eigenvalue weighted by atomic mass is 10.1. The second-order valence-electron chi connectivity index (χ2n) is 4.05. The lowest BCUT2D eigenvalue weighted by molar-refractivity contribution is 0.102. The fourth-order valence-electron chi connectivity index (χ4n) is 1.62. The zero-order valence-electron chi connectivity index (χ0n) is 10.1. The second-order valence-corrected chi connectivity index (χ2v) is 4.89. The van der Waals surface area contributed by atoms with E-state index in [1.54, 1.807) is 37.3 Å². The first-order valence-corrected chi connectivity index (χ1v) is 6.29. The van der Waals surface area contributed by atoms with Gasteiger partial charge in [-0.05, 0) is 36.8 Å². The summed E-state index contributed by atoms with van der Waals surface area (Å²) >= 11 is 11.7. The lowest BCUT2D eigenvalue weighted by Gasteiger charge is -2.09. The SMILES string of the molecule is Cc1cccc(C(=O)Nc2ccc(Cl)cc2Cl)c1O. The number of aryl methyl sites for hydroxylation is 1. The minimum Gasteiger partial charge on any atom is -0.507 e. The molecule has 0 aliphatic carbocycles. The molecule has 3 nitrogen and oxygen atoms in total. The maximum absolute atomic E-state index is 12.1. The number of anilines is 1. The monoisotopic (exact) mass is 295 g/mol. The third-order valence-corrected chi connectivity index (χ3v) is 3.21. The van der Waals surface area contributed by atoms with Gasteiger partial charge in [0.15, 0.2) is 0 Å². The number of benzene rings is 2. The van der Waals surface area contributed by atoms with Gasteiger partial charge in [-0.3, -0.25) is 4.79 Å². The highest BCUT2D eigenvalue weighted by molar-refractivity contribution is 6.36. The van der Waals surface area contributed by atoms with Crippen molar-refractivity contribution < 1.29 is 9.90 Å². The van der Waals surface area contributed by atoms with Gasteiger partial charge in [0, 0.05) is 5.02 Å². The summed E-state index contributed by atoms with van der Waals surface area (Å²) in [5.74, 6) is -0.462. The first-order valence-electron chi connectivity index (χ1n) is 5.54. The largest absolute Gasteiger partial charge is 0.507 e. The number of halogens is 2. The van der Waals surface area contributed by atoms with Crippen molar-refractivity contribution in [3.8, 4) is 5.75 Å². The molecule has 0 aliphatic heterocycles. The van der Waals surface area contributed by atoms with Gasteiger partial charge in [-0.15, -0.1) is 0 Å². The van der Waals surface area contributed by atoms with Gasteiger partial charge < -0.3 is 10.4 Å². The van der Waals surface area contributed by atoms with Crippen LogP contribution in [0.5, 0.6) is 5.75 Å². The van der Waals surface area contributed by atoms with Crippen LogP contribution in [0.15, 0.2) is 36.4 Å². The average molecular weight is 296 g/mol. The molecule has 0 aromatic heterocycles. The summed E-state index contributed by atoms with van der Waals surface area (Å²) in [5, 5.41) is 13.3. The van der Waals surface area contributed by atoms with E-state index in [4.69, 9.17) is 23.2 Å². The first kappa shape index (κ1) is 13.7. The van der Waals surface area contributed by atoms with Crippen LogP contribution in [0.1, 0.15) is 15.9 Å². The lowest BCUT2D eigenvalue weighted by Crippen LogP contribution is -2.12. The maximum atomic E-state index is 12.1. The summed E-state index contributed by atoms with van der Waals surface area (Å²) < 4.78 is 0. The third-order valence-electron chi connectivity index (χ3n) is 2.66. The highest BCUT2D eigenvalue weighted by Crippen LogP contribution is 2.27. The number of hydrogen-bond donors (Lipinski definition) is 2. The molecule has 0 heterocycles. The number of nitrogens with one attached hydrogen (secondary N) is 1. The standard InChI is InChI=1S/C14H11Cl2NO2/c1-8-3-2-4-10(13(8)18)14(19)17-12-6-5-9(15)7-11(12)16/h2-7,18H,1H3,(H,17,19). The average Bonchev–Trinajstić information content (AvgIpc) is 2.36. The number of para-hydroxylation sites is 1. The normalized spacial score (nSPS) is 10.3. The van der Waals surface area contributed by atoms with Gasteiger partial charge in [-0.25, -0.2) is 0 Å². The number of carbonyl (C=O) groups is 1. The molecular formula is C14H11Cl2NO2. The minimum atomic E-state index is -0.426. The highest BCUT2D eigenvalue weighted by atomic mass is 35.5. The summed E-state index contributed by atoms with van der Waals surface area (Å²) in [6.07, 6.45) is 0. The Morgan fingerprint density at radius 2 is 1.95 bits per heavy atom. The van der Waals surface area contributed by atoms with E-state index in [1.165, 1.54) is 6.07 Å². The van der Waals surface area contributed by atoms with Gasteiger partial charge in [-0.1, -0.05) is 35.3 Å². The van der Waals surface area contributed by atoms with E-state index < -0.39 is 5.91 Å². The van der Waals surface area contributed by atoms with Crippen LogP contribution in [0.4, 0.5) is 5.69 Å². The van der Waals surface area contributed by atoms with Crippen LogP contribution in [-0.4, -0.2) is 11.0 Å². The van der Waals surface area contributed by atoms with E-state index in [1.807, 2.05) is 0 Å². The van der Waals surface area contributed by atoms with Gasteiger partial charge in [0.1, 0.15) is 5.75 Å². The first-order chi connectivity index (χ1) is 8.99. The van der Waals surface area contributed by atoms with Crippen molar-refractivity contribution >= 4 is 34.8 Å². The van der Waals surface area contributed by atoms with Crippen LogP contribution in [0.2, 0.25) is 10.0 Å². The summed E-state index contributed by atoms with van der Waals surface area (Å²) in [5.41, 5.74) is 1.28. The molecule has 2 N–H and O–H groups in total. The fraction of sp³-hybridized carbons (Fsp3) is 0.0714. The number of amides is 1. The Bertz CT molecular complexity index is 641. The number of rotatable bonds is 2. The van der Waals surface area contributed by atoms with Crippen molar-refractivity contribution in [1.82, 2.24) is 0 Å². The summed E-state index contributed by atoms with van der Waals surface area (Å²) in [6.45, 7) is 1.72. The van der Waals surface area contributed by atoms with Gasteiger partial charge >= 0.3 is 0 Å². The van der Waals surface area contributed by atoms with Crippen LogP contribution in [0.3, 0.4) is 0 Å².